The SMILES string of the molecule is COC(=O)c1ccc([C@H](CC(=O)Nc2ccccc2)c2cc(C(C)(C)C)c(O)c(C(C)(C)C)c2)cc1. The highest BCUT2D eigenvalue weighted by Crippen LogP contribution is 2.42. The Kier molecular flexibility index (Phi) is 7.92. The lowest BCUT2D eigenvalue weighted by molar-refractivity contribution is -0.116. The Morgan fingerprint density at radius 1 is 0.833 bits per heavy atom. The lowest BCUT2D eigenvalue weighted by Gasteiger charge is -2.30. The smallest absolute Gasteiger partial charge is 0.337 e. The second-order valence-corrected chi connectivity index (χ2v) is 11.2. The summed E-state index contributed by atoms with van der Waals surface area (Å²) in [5.41, 5.74) is 4.10. The van der Waals surface area contributed by atoms with Crippen molar-refractivity contribution in [3.63, 3.8) is 0 Å². The first-order valence-corrected chi connectivity index (χ1v) is 12.2. The normalized spacial score (nSPS) is 12.6. The summed E-state index contributed by atoms with van der Waals surface area (Å²) in [5.74, 6) is -0.518. The van der Waals surface area contributed by atoms with Gasteiger partial charge < -0.3 is 15.2 Å². The Morgan fingerprint density at radius 3 is 1.83 bits per heavy atom. The van der Waals surface area contributed by atoms with Gasteiger partial charge in [-0.3, -0.25) is 4.79 Å². The van der Waals surface area contributed by atoms with Crippen molar-refractivity contribution < 1.29 is 19.4 Å². The van der Waals surface area contributed by atoms with Gasteiger partial charge in [-0.05, 0) is 57.3 Å². The van der Waals surface area contributed by atoms with Gasteiger partial charge in [-0.2, -0.15) is 0 Å². The van der Waals surface area contributed by atoms with E-state index in [1.165, 1.54) is 7.11 Å². The van der Waals surface area contributed by atoms with E-state index in [9.17, 15) is 14.7 Å². The molecule has 3 aromatic rings. The molecule has 0 bridgehead atoms. The van der Waals surface area contributed by atoms with E-state index >= 15 is 0 Å². The predicted octanol–water partition coefficient (Wildman–Crippen LogP) is 6.93. The van der Waals surface area contributed by atoms with Gasteiger partial charge in [-0.1, -0.05) is 84.0 Å². The number of carbonyl (C=O) groups excluding carboxylic acids is 2. The van der Waals surface area contributed by atoms with Gasteiger partial charge in [0.15, 0.2) is 0 Å². The number of amides is 1. The van der Waals surface area contributed by atoms with Crippen LogP contribution in [0.1, 0.15) is 86.5 Å². The molecule has 190 valence electrons. The Balaban J connectivity index is 2.13. The number of phenols is 1. The number of anilines is 1. The molecule has 0 unspecified atom stereocenters. The summed E-state index contributed by atoms with van der Waals surface area (Å²) in [7, 11) is 1.35. The van der Waals surface area contributed by atoms with E-state index in [0.717, 1.165) is 27.9 Å². The average molecular weight is 488 g/mol. The van der Waals surface area contributed by atoms with E-state index < -0.39 is 5.97 Å². The minimum atomic E-state index is -0.408. The van der Waals surface area contributed by atoms with E-state index in [4.69, 9.17) is 4.74 Å². The highest BCUT2D eigenvalue weighted by atomic mass is 16.5. The molecular formula is C31H37NO4. The molecule has 36 heavy (non-hydrogen) atoms. The monoisotopic (exact) mass is 487 g/mol. The Morgan fingerprint density at radius 2 is 1.36 bits per heavy atom. The Hall–Kier alpha value is -3.60. The number of ether oxygens (including phenoxy) is 1. The maximum absolute atomic E-state index is 13.2. The summed E-state index contributed by atoms with van der Waals surface area (Å²) >= 11 is 0. The Bertz CT molecular complexity index is 1180. The number of para-hydroxylation sites is 1. The van der Waals surface area contributed by atoms with Crippen molar-refractivity contribution in [2.24, 2.45) is 0 Å². The quantitative estimate of drug-likeness (QED) is 0.370. The first-order valence-electron chi connectivity index (χ1n) is 12.2. The third-order valence-corrected chi connectivity index (χ3v) is 6.33. The maximum atomic E-state index is 13.2. The molecule has 0 aromatic heterocycles. The average Bonchev–Trinajstić information content (AvgIpc) is 2.81. The maximum Gasteiger partial charge on any atom is 0.337 e. The van der Waals surface area contributed by atoms with Gasteiger partial charge in [0.2, 0.25) is 5.91 Å². The second-order valence-electron chi connectivity index (χ2n) is 11.2. The fourth-order valence-corrected chi connectivity index (χ4v) is 4.32. The van der Waals surface area contributed by atoms with Gasteiger partial charge >= 0.3 is 5.97 Å². The van der Waals surface area contributed by atoms with Gasteiger partial charge in [-0.15, -0.1) is 0 Å². The minimum absolute atomic E-state index is 0.120. The summed E-state index contributed by atoms with van der Waals surface area (Å²) in [6, 6.07) is 20.6. The molecule has 5 heteroatoms. The van der Waals surface area contributed by atoms with Crippen LogP contribution in [0.15, 0.2) is 66.7 Å². The van der Waals surface area contributed by atoms with E-state index in [0.29, 0.717) is 11.3 Å². The predicted molar refractivity (Wildman–Crippen MR) is 145 cm³/mol. The van der Waals surface area contributed by atoms with Crippen molar-refractivity contribution in [2.75, 3.05) is 12.4 Å². The van der Waals surface area contributed by atoms with Crippen LogP contribution in [0.25, 0.3) is 0 Å². The number of carbonyl (C=O) groups is 2. The van der Waals surface area contributed by atoms with E-state index in [-0.39, 0.29) is 29.1 Å². The van der Waals surface area contributed by atoms with Crippen LogP contribution in [0, 0.1) is 0 Å². The van der Waals surface area contributed by atoms with Gasteiger partial charge in [-0.25, -0.2) is 4.79 Å². The molecule has 5 nitrogen and oxygen atoms in total. The molecule has 0 aliphatic carbocycles. The number of nitrogens with one attached hydrogen (secondary N) is 1. The van der Waals surface area contributed by atoms with Crippen molar-refractivity contribution in [3.05, 3.63) is 94.5 Å². The number of benzene rings is 3. The van der Waals surface area contributed by atoms with Crippen molar-refractivity contribution in [1.82, 2.24) is 0 Å². The molecule has 0 heterocycles. The lowest BCUT2D eigenvalue weighted by atomic mass is 9.75. The molecule has 3 rings (SSSR count). The van der Waals surface area contributed by atoms with Crippen LogP contribution in [-0.4, -0.2) is 24.1 Å². The largest absolute Gasteiger partial charge is 0.507 e. The number of esters is 1. The molecule has 1 atom stereocenters. The minimum Gasteiger partial charge on any atom is -0.507 e. The highest BCUT2D eigenvalue weighted by molar-refractivity contribution is 5.92. The standard InChI is InChI=1S/C31H37NO4/c1-30(2,3)25-17-22(18-26(28(25)34)31(4,5)6)24(19-27(33)32-23-11-9-8-10-12-23)20-13-15-21(16-14-20)29(35)36-7/h8-18,24,34H,19H2,1-7H3,(H,32,33)/t24-/m0/s1. The molecule has 3 aromatic carbocycles. The number of rotatable bonds is 6. The molecule has 0 saturated carbocycles. The fourth-order valence-electron chi connectivity index (χ4n) is 4.32. The first-order chi connectivity index (χ1) is 16.8. The molecule has 0 saturated heterocycles. The number of methoxy groups -OCH3 is 1. The Labute approximate surface area is 214 Å². The summed E-state index contributed by atoms with van der Waals surface area (Å²) in [6.45, 7) is 12.4. The van der Waals surface area contributed by atoms with E-state index in [1.54, 1.807) is 12.1 Å². The number of hydrogen-bond donors (Lipinski definition) is 2. The third-order valence-electron chi connectivity index (χ3n) is 6.33. The van der Waals surface area contributed by atoms with E-state index in [2.05, 4.69) is 46.9 Å². The van der Waals surface area contributed by atoms with E-state index in [1.807, 2.05) is 54.6 Å². The second kappa shape index (κ2) is 10.6. The summed E-state index contributed by atoms with van der Waals surface area (Å²) in [6.07, 6.45) is 0.199. The van der Waals surface area contributed by atoms with Gasteiger partial charge in [0, 0.05) is 18.0 Å². The third kappa shape index (κ3) is 6.34. The summed E-state index contributed by atoms with van der Waals surface area (Å²) < 4.78 is 4.84. The van der Waals surface area contributed by atoms with Crippen LogP contribution >= 0.6 is 0 Å². The van der Waals surface area contributed by atoms with Crippen LogP contribution in [0.2, 0.25) is 0 Å². The van der Waals surface area contributed by atoms with Crippen molar-refractivity contribution in [3.8, 4) is 5.75 Å². The van der Waals surface area contributed by atoms with Gasteiger partial charge in [0.25, 0.3) is 0 Å². The molecule has 0 fully saturated rings. The van der Waals surface area contributed by atoms with Crippen molar-refractivity contribution in [1.29, 1.82) is 0 Å². The van der Waals surface area contributed by atoms with Crippen LogP contribution in [0.4, 0.5) is 5.69 Å². The van der Waals surface area contributed by atoms with Gasteiger partial charge in [0.1, 0.15) is 5.75 Å². The number of hydrogen-bond acceptors (Lipinski definition) is 4. The van der Waals surface area contributed by atoms with Crippen molar-refractivity contribution >= 4 is 17.6 Å². The molecule has 0 spiro atoms. The summed E-state index contributed by atoms with van der Waals surface area (Å²) in [5, 5.41) is 14.2. The van der Waals surface area contributed by atoms with Gasteiger partial charge in [0.05, 0.1) is 12.7 Å². The molecule has 1 amide bonds. The highest BCUT2D eigenvalue weighted by Gasteiger charge is 2.29. The molecule has 0 aliphatic heterocycles. The zero-order chi connectivity index (χ0) is 26.7. The topological polar surface area (TPSA) is 75.6 Å². The zero-order valence-electron chi connectivity index (χ0n) is 22.3. The molecule has 2 N–H and O–H groups in total. The first kappa shape index (κ1) is 27.0. The van der Waals surface area contributed by atoms with Crippen LogP contribution < -0.4 is 5.32 Å². The molecule has 0 radical (unpaired) electrons. The zero-order valence-corrected chi connectivity index (χ0v) is 22.3. The molecular weight excluding hydrogens is 450 g/mol. The number of phenolic OH excluding ortho intramolecular Hbond substituents is 1. The fraction of sp³-hybridized carbons (Fsp3) is 0.355. The number of aromatic hydroxyl groups is 1. The summed E-state index contributed by atoms with van der Waals surface area (Å²) in [4.78, 5) is 25.2. The lowest BCUT2D eigenvalue weighted by Crippen LogP contribution is -2.20. The van der Waals surface area contributed by atoms with Crippen LogP contribution in [0.5, 0.6) is 5.75 Å². The van der Waals surface area contributed by atoms with Crippen LogP contribution in [-0.2, 0) is 20.4 Å². The van der Waals surface area contributed by atoms with Crippen molar-refractivity contribution in [2.45, 2.75) is 64.7 Å². The van der Waals surface area contributed by atoms with Crippen LogP contribution in [0.3, 0.4) is 0 Å². The molecule has 0 aliphatic rings.